The molecule has 0 fully saturated rings. The van der Waals surface area contributed by atoms with E-state index in [1.807, 2.05) is 0 Å². The predicted molar refractivity (Wildman–Crippen MR) is 49.4 cm³/mol. The fourth-order valence-corrected chi connectivity index (χ4v) is 0.969. The van der Waals surface area contributed by atoms with Gasteiger partial charge in [-0.25, -0.2) is 0 Å². The molecule has 1 heterocycles. The van der Waals surface area contributed by atoms with Crippen LogP contribution in [0.3, 0.4) is 0 Å². The van der Waals surface area contributed by atoms with Crippen molar-refractivity contribution in [3.05, 3.63) is 23.7 Å². The van der Waals surface area contributed by atoms with Crippen molar-refractivity contribution in [2.24, 2.45) is 5.73 Å². The smallest absolute Gasteiger partial charge is 0.254 e. The third-order valence-electron chi connectivity index (χ3n) is 1.66. The lowest BCUT2D eigenvalue weighted by atomic mass is 10.3. The molecule has 4 heteroatoms. The monoisotopic (exact) mass is 182 g/mol. The van der Waals surface area contributed by atoms with E-state index in [1.165, 1.54) is 6.26 Å². The Bertz CT molecular complexity index is 281. The number of furan rings is 1. The largest absolute Gasteiger partial charge is 0.469 e. The van der Waals surface area contributed by atoms with Crippen LogP contribution in [0.1, 0.15) is 22.5 Å². The Morgan fingerprint density at radius 1 is 1.69 bits per heavy atom. The van der Waals surface area contributed by atoms with Gasteiger partial charge in [-0.2, -0.15) is 0 Å². The minimum atomic E-state index is -0.106. The molecule has 0 unspecified atom stereocenters. The van der Waals surface area contributed by atoms with Gasteiger partial charge in [-0.15, -0.1) is 0 Å². The van der Waals surface area contributed by atoms with Gasteiger partial charge in [-0.05, 0) is 26.0 Å². The topological polar surface area (TPSA) is 68.3 Å². The quantitative estimate of drug-likeness (QED) is 0.672. The molecule has 0 atom stereocenters. The van der Waals surface area contributed by atoms with E-state index >= 15 is 0 Å². The summed E-state index contributed by atoms with van der Waals surface area (Å²) in [5.41, 5.74) is 5.85. The van der Waals surface area contributed by atoms with Crippen LogP contribution in [0.4, 0.5) is 0 Å². The standard InChI is InChI=1S/C9H14N2O2/c1-7-5-8(6-13-7)9(12)11-4-2-3-10/h5-6H,2-4,10H2,1H3,(H,11,12). The highest BCUT2D eigenvalue weighted by atomic mass is 16.3. The molecule has 1 aromatic rings. The maximum absolute atomic E-state index is 11.3. The van der Waals surface area contributed by atoms with Crippen molar-refractivity contribution in [1.29, 1.82) is 0 Å². The van der Waals surface area contributed by atoms with Crippen LogP contribution in [0.2, 0.25) is 0 Å². The molecule has 0 aliphatic rings. The van der Waals surface area contributed by atoms with Crippen molar-refractivity contribution in [3.8, 4) is 0 Å². The molecule has 4 nitrogen and oxygen atoms in total. The first-order chi connectivity index (χ1) is 6.24. The Hall–Kier alpha value is -1.29. The minimum absolute atomic E-state index is 0.106. The van der Waals surface area contributed by atoms with E-state index in [0.717, 1.165) is 12.2 Å². The van der Waals surface area contributed by atoms with Gasteiger partial charge in [0.2, 0.25) is 0 Å². The van der Waals surface area contributed by atoms with Gasteiger partial charge in [0, 0.05) is 6.54 Å². The maximum atomic E-state index is 11.3. The van der Waals surface area contributed by atoms with E-state index in [-0.39, 0.29) is 5.91 Å². The fraction of sp³-hybridized carbons (Fsp3) is 0.444. The second kappa shape index (κ2) is 4.67. The highest BCUT2D eigenvalue weighted by molar-refractivity contribution is 5.93. The van der Waals surface area contributed by atoms with E-state index < -0.39 is 0 Å². The number of carbonyl (C=O) groups excluding carboxylic acids is 1. The molecule has 0 aliphatic heterocycles. The molecule has 0 aromatic carbocycles. The number of hydrogen-bond donors (Lipinski definition) is 2. The van der Waals surface area contributed by atoms with Crippen LogP contribution in [0.15, 0.2) is 16.7 Å². The van der Waals surface area contributed by atoms with E-state index in [9.17, 15) is 4.79 Å². The van der Waals surface area contributed by atoms with Crippen molar-refractivity contribution in [3.63, 3.8) is 0 Å². The molecular weight excluding hydrogens is 168 g/mol. The predicted octanol–water partition coefficient (Wildman–Crippen LogP) is 0.667. The molecule has 13 heavy (non-hydrogen) atoms. The van der Waals surface area contributed by atoms with E-state index in [4.69, 9.17) is 10.2 Å². The molecule has 3 N–H and O–H groups in total. The van der Waals surface area contributed by atoms with E-state index in [0.29, 0.717) is 18.7 Å². The average molecular weight is 182 g/mol. The number of hydrogen-bond acceptors (Lipinski definition) is 3. The Balaban J connectivity index is 2.40. The van der Waals surface area contributed by atoms with Gasteiger partial charge in [0.15, 0.2) is 0 Å². The van der Waals surface area contributed by atoms with E-state index in [1.54, 1.807) is 13.0 Å². The molecule has 0 saturated carbocycles. The second-order valence-electron chi connectivity index (χ2n) is 2.84. The summed E-state index contributed by atoms with van der Waals surface area (Å²) in [5.74, 6) is 0.634. The maximum Gasteiger partial charge on any atom is 0.254 e. The number of amides is 1. The summed E-state index contributed by atoms with van der Waals surface area (Å²) in [6.07, 6.45) is 2.25. The Morgan fingerprint density at radius 2 is 2.46 bits per heavy atom. The molecule has 0 spiro atoms. The van der Waals surface area contributed by atoms with Crippen LogP contribution < -0.4 is 11.1 Å². The first-order valence-corrected chi connectivity index (χ1v) is 4.27. The molecule has 72 valence electrons. The lowest BCUT2D eigenvalue weighted by Crippen LogP contribution is -2.25. The first-order valence-electron chi connectivity index (χ1n) is 4.27. The van der Waals surface area contributed by atoms with Crippen LogP contribution >= 0.6 is 0 Å². The van der Waals surface area contributed by atoms with Crippen LogP contribution in [0, 0.1) is 6.92 Å². The normalized spacial score (nSPS) is 10.0. The average Bonchev–Trinajstić information content (AvgIpc) is 2.52. The van der Waals surface area contributed by atoms with Crippen LogP contribution in [0.25, 0.3) is 0 Å². The first kappa shape index (κ1) is 9.80. The zero-order valence-corrected chi connectivity index (χ0v) is 7.67. The summed E-state index contributed by atoms with van der Waals surface area (Å²) < 4.78 is 5.01. The number of nitrogens with two attached hydrogens (primary N) is 1. The minimum Gasteiger partial charge on any atom is -0.469 e. The highest BCUT2D eigenvalue weighted by Crippen LogP contribution is 2.05. The molecule has 1 amide bonds. The molecule has 0 radical (unpaired) electrons. The SMILES string of the molecule is Cc1cc(C(=O)NCCCN)co1. The van der Waals surface area contributed by atoms with Crippen molar-refractivity contribution < 1.29 is 9.21 Å². The van der Waals surface area contributed by atoms with Gasteiger partial charge in [0.25, 0.3) is 5.91 Å². The van der Waals surface area contributed by atoms with Gasteiger partial charge in [-0.1, -0.05) is 0 Å². The second-order valence-corrected chi connectivity index (χ2v) is 2.84. The van der Waals surface area contributed by atoms with E-state index in [2.05, 4.69) is 5.32 Å². The van der Waals surface area contributed by atoms with Crippen molar-refractivity contribution in [1.82, 2.24) is 5.32 Å². The molecule has 1 rings (SSSR count). The molecule has 0 bridgehead atoms. The zero-order valence-electron chi connectivity index (χ0n) is 7.67. The molecule has 1 aromatic heterocycles. The van der Waals surface area contributed by atoms with Crippen molar-refractivity contribution >= 4 is 5.91 Å². The number of nitrogens with one attached hydrogen (secondary N) is 1. The van der Waals surface area contributed by atoms with Crippen molar-refractivity contribution in [2.75, 3.05) is 13.1 Å². The highest BCUT2D eigenvalue weighted by Gasteiger charge is 2.06. The summed E-state index contributed by atoms with van der Waals surface area (Å²) in [7, 11) is 0. The van der Waals surface area contributed by atoms with Crippen LogP contribution in [-0.4, -0.2) is 19.0 Å². The lowest BCUT2D eigenvalue weighted by molar-refractivity contribution is 0.0953. The summed E-state index contributed by atoms with van der Waals surface area (Å²) in [5, 5.41) is 2.73. The van der Waals surface area contributed by atoms with Crippen LogP contribution in [-0.2, 0) is 0 Å². The van der Waals surface area contributed by atoms with Gasteiger partial charge >= 0.3 is 0 Å². The van der Waals surface area contributed by atoms with Crippen LogP contribution in [0.5, 0.6) is 0 Å². The zero-order chi connectivity index (χ0) is 9.68. The number of rotatable bonds is 4. The third kappa shape index (κ3) is 2.91. The molecular formula is C9H14N2O2. The molecule has 0 saturated heterocycles. The summed E-state index contributed by atoms with van der Waals surface area (Å²) >= 11 is 0. The van der Waals surface area contributed by atoms with Gasteiger partial charge in [-0.3, -0.25) is 4.79 Å². The van der Waals surface area contributed by atoms with Gasteiger partial charge in [0.1, 0.15) is 12.0 Å². The number of carbonyl (C=O) groups is 1. The van der Waals surface area contributed by atoms with Crippen molar-refractivity contribution in [2.45, 2.75) is 13.3 Å². The number of aryl methyl sites for hydroxylation is 1. The summed E-state index contributed by atoms with van der Waals surface area (Å²) in [4.78, 5) is 11.3. The lowest BCUT2D eigenvalue weighted by Gasteiger charge is -2.00. The Kier molecular flexibility index (Phi) is 3.52. The Labute approximate surface area is 77.1 Å². The third-order valence-corrected chi connectivity index (χ3v) is 1.66. The Morgan fingerprint density at radius 3 is 3.00 bits per heavy atom. The fourth-order valence-electron chi connectivity index (χ4n) is 0.969. The van der Waals surface area contributed by atoms with Gasteiger partial charge in [0.05, 0.1) is 5.56 Å². The summed E-state index contributed by atoms with van der Waals surface area (Å²) in [6, 6.07) is 1.71. The summed E-state index contributed by atoms with van der Waals surface area (Å²) in [6.45, 7) is 3.00. The van der Waals surface area contributed by atoms with Gasteiger partial charge < -0.3 is 15.5 Å². The molecule has 0 aliphatic carbocycles.